The van der Waals surface area contributed by atoms with Crippen LogP contribution in [0.5, 0.6) is 0 Å². The fraction of sp³-hybridized carbons (Fsp3) is 0.474. The van der Waals surface area contributed by atoms with E-state index in [2.05, 4.69) is 25.6 Å². The third kappa shape index (κ3) is 4.90. The van der Waals surface area contributed by atoms with Crippen LogP contribution in [-0.2, 0) is 17.4 Å². The number of benzene rings is 1. The van der Waals surface area contributed by atoms with Gasteiger partial charge in [0.2, 0.25) is 0 Å². The summed E-state index contributed by atoms with van der Waals surface area (Å²) in [6.07, 6.45) is -0.499. The van der Waals surface area contributed by atoms with Gasteiger partial charge in [-0.05, 0) is 56.3 Å². The van der Waals surface area contributed by atoms with Gasteiger partial charge in [0.1, 0.15) is 0 Å². The quantitative estimate of drug-likeness (QED) is 0.595. The zero-order valence-electron chi connectivity index (χ0n) is 16.0. The normalized spacial score (nSPS) is 20.6. The number of hydrogen-bond donors (Lipinski definition) is 3. The summed E-state index contributed by atoms with van der Waals surface area (Å²) in [6, 6.07) is 4.93. The summed E-state index contributed by atoms with van der Waals surface area (Å²) in [6.45, 7) is 1.82. The van der Waals surface area contributed by atoms with Crippen LogP contribution in [0, 0.1) is 0 Å². The lowest BCUT2D eigenvalue weighted by molar-refractivity contribution is -0.137. The molecule has 0 spiro atoms. The molecule has 1 aliphatic carbocycles. The highest BCUT2D eigenvalue weighted by Gasteiger charge is 2.32. The first-order valence-electron chi connectivity index (χ1n) is 9.73. The van der Waals surface area contributed by atoms with Gasteiger partial charge in [0, 0.05) is 35.0 Å². The molecule has 3 N–H and O–H groups in total. The summed E-state index contributed by atoms with van der Waals surface area (Å²) in [5, 5.41) is 15.3. The second-order valence-corrected chi connectivity index (χ2v) is 8.26. The Bertz CT molecular complexity index is 946. The van der Waals surface area contributed by atoms with E-state index >= 15 is 0 Å². The number of rotatable bonds is 6. The molecular formula is C19H21F3N5O2S-. The number of aromatic nitrogens is 2. The molecule has 1 aromatic carbocycles. The minimum absolute atomic E-state index is 0.189. The Morgan fingerprint density at radius 2 is 1.97 bits per heavy atom. The number of nitrogens with one attached hydrogen (secondary N) is 3. The van der Waals surface area contributed by atoms with Gasteiger partial charge >= 0.3 is 6.18 Å². The van der Waals surface area contributed by atoms with Crippen LogP contribution in [0.15, 0.2) is 24.3 Å². The second kappa shape index (κ2) is 8.48. The van der Waals surface area contributed by atoms with Crippen molar-refractivity contribution >= 4 is 22.8 Å². The predicted molar refractivity (Wildman–Crippen MR) is 107 cm³/mol. The summed E-state index contributed by atoms with van der Waals surface area (Å²) in [4.78, 5) is 0. The zero-order valence-corrected chi connectivity index (χ0v) is 16.8. The Labute approximate surface area is 174 Å². The number of halogens is 3. The van der Waals surface area contributed by atoms with Gasteiger partial charge in [-0.25, -0.2) is 0 Å². The summed E-state index contributed by atoms with van der Waals surface area (Å²) >= 11 is -2.78. The predicted octanol–water partition coefficient (Wildman–Crippen LogP) is 3.41. The highest BCUT2D eigenvalue weighted by molar-refractivity contribution is 7.80. The maximum absolute atomic E-state index is 13.1. The molecule has 162 valence electrons. The molecule has 2 aromatic rings. The molecule has 2 aliphatic rings. The molecule has 1 saturated heterocycles. The third-order valence-electron chi connectivity index (χ3n) is 5.29. The van der Waals surface area contributed by atoms with Gasteiger partial charge in [-0.1, -0.05) is 6.07 Å². The van der Waals surface area contributed by atoms with Gasteiger partial charge in [-0.2, -0.15) is 13.2 Å². The Morgan fingerprint density at radius 3 is 2.60 bits per heavy atom. The largest absolute Gasteiger partial charge is 0.755 e. The van der Waals surface area contributed by atoms with Crippen molar-refractivity contribution in [2.45, 2.75) is 43.8 Å². The molecule has 0 radical (unpaired) electrons. The number of hydrogen-bond acceptors (Lipinski definition) is 6. The first-order valence-corrected chi connectivity index (χ1v) is 10.8. The van der Waals surface area contributed by atoms with Crippen LogP contribution >= 0.6 is 0 Å². The molecule has 0 amide bonds. The minimum Gasteiger partial charge on any atom is -0.755 e. The van der Waals surface area contributed by atoms with Gasteiger partial charge < -0.3 is 19.9 Å². The Morgan fingerprint density at radius 1 is 1.17 bits per heavy atom. The molecule has 30 heavy (non-hydrogen) atoms. The lowest BCUT2D eigenvalue weighted by Crippen LogP contribution is -2.38. The van der Waals surface area contributed by atoms with E-state index in [1.54, 1.807) is 6.07 Å². The maximum Gasteiger partial charge on any atom is 0.416 e. The summed E-state index contributed by atoms with van der Waals surface area (Å²) in [7, 11) is 0. The highest BCUT2D eigenvalue weighted by Crippen LogP contribution is 2.44. The average molecular weight is 440 g/mol. The SMILES string of the molecule is O=S([O-])Nc1cc(C(F)(F)F)ccc1-c1cc(C2CC2)c(N[C@@H]2CCCNC2)nn1. The van der Waals surface area contributed by atoms with Crippen molar-refractivity contribution in [1.29, 1.82) is 0 Å². The monoisotopic (exact) mass is 440 g/mol. The van der Waals surface area contributed by atoms with E-state index in [4.69, 9.17) is 0 Å². The summed E-state index contributed by atoms with van der Waals surface area (Å²) in [5.74, 6) is 1.00. The van der Waals surface area contributed by atoms with E-state index in [9.17, 15) is 21.9 Å². The van der Waals surface area contributed by atoms with Crippen molar-refractivity contribution in [1.82, 2.24) is 15.5 Å². The molecule has 4 rings (SSSR count). The fourth-order valence-corrected chi connectivity index (χ4v) is 3.99. The van der Waals surface area contributed by atoms with Crippen LogP contribution in [-0.4, -0.2) is 38.1 Å². The fourth-order valence-electron chi connectivity index (χ4n) is 3.64. The molecule has 1 saturated carbocycles. The molecule has 2 fully saturated rings. The van der Waals surface area contributed by atoms with Crippen molar-refractivity contribution < 1.29 is 21.9 Å². The van der Waals surface area contributed by atoms with E-state index in [1.165, 1.54) is 6.07 Å². The van der Waals surface area contributed by atoms with Crippen molar-refractivity contribution in [3.8, 4) is 11.3 Å². The third-order valence-corrected chi connectivity index (χ3v) is 5.68. The number of alkyl halides is 3. The Hall–Kier alpha value is -2.24. The highest BCUT2D eigenvalue weighted by atomic mass is 32.2. The average Bonchev–Trinajstić information content (AvgIpc) is 3.53. The minimum atomic E-state index is -4.59. The summed E-state index contributed by atoms with van der Waals surface area (Å²) < 4.78 is 63.5. The standard InChI is InChI=1S/C19H22F3N5O2S/c20-19(21,22)12-5-6-14(17(8-12)27-30(28)29)16-9-15(11-3-4-11)18(26-25-16)24-13-2-1-7-23-10-13/h5-6,8-9,11,13,23,27H,1-4,7,10H2,(H,24,26)(H,28,29)/p-1/t13-/m1/s1. The van der Waals surface area contributed by atoms with Crippen LogP contribution in [0.1, 0.15) is 42.7 Å². The lowest BCUT2D eigenvalue weighted by atomic mass is 10.0. The second-order valence-electron chi connectivity index (χ2n) is 7.59. The van der Waals surface area contributed by atoms with E-state index in [1.807, 2.05) is 0 Å². The van der Waals surface area contributed by atoms with Crippen LogP contribution in [0.2, 0.25) is 0 Å². The van der Waals surface area contributed by atoms with Gasteiger partial charge in [0.05, 0.1) is 16.9 Å². The zero-order chi connectivity index (χ0) is 21.3. The van der Waals surface area contributed by atoms with Crippen molar-refractivity contribution in [3.05, 3.63) is 35.4 Å². The molecule has 1 aromatic heterocycles. The van der Waals surface area contributed by atoms with Crippen molar-refractivity contribution in [2.24, 2.45) is 0 Å². The Kier molecular flexibility index (Phi) is 5.94. The first kappa shape index (κ1) is 21.0. The molecule has 1 aliphatic heterocycles. The van der Waals surface area contributed by atoms with E-state index < -0.39 is 23.0 Å². The molecule has 1 unspecified atom stereocenters. The molecule has 2 heterocycles. The van der Waals surface area contributed by atoms with Crippen LogP contribution < -0.4 is 15.4 Å². The molecule has 7 nitrogen and oxygen atoms in total. The molecule has 11 heteroatoms. The number of piperidine rings is 1. The lowest BCUT2D eigenvalue weighted by Gasteiger charge is -2.25. The topological polar surface area (TPSA) is 102 Å². The molecule has 0 bridgehead atoms. The number of nitrogens with zero attached hydrogens (tertiary/aromatic N) is 2. The van der Waals surface area contributed by atoms with Gasteiger partial charge in [-0.3, -0.25) is 4.21 Å². The van der Waals surface area contributed by atoms with Crippen LogP contribution in [0.25, 0.3) is 11.3 Å². The molecular weight excluding hydrogens is 419 g/mol. The van der Waals surface area contributed by atoms with Gasteiger partial charge in [0.25, 0.3) is 0 Å². The first-order chi connectivity index (χ1) is 14.3. The van der Waals surface area contributed by atoms with E-state index in [-0.39, 0.29) is 17.3 Å². The maximum atomic E-state index is 13.1. The smallest absolute Gasteiger partial charge is 0.416 e. The van der Waals surface area contributed by atoms with Gasteiger partial charge in [-0.15, -0.1) is 10.2 Å². The van der Waals surface area contributed by atoms with Crippen LogP contribution in [0.3, 0.4) is 0 Å². The van der Waals surface area contributed by atoms with E-state index in [0.717, 1.165) is 56.5 Å². The van der Waals surface area contributed by atoms with E-state index in [0.29, 0.717) is 17.4 Å². The Balaban J connectivity index is 1.69. The van der Waals surface area contributed by atoms with Crippen molar-refractivity contribution in [2.75, 3.05) is 23.1 Å². The van der Waals surface area contributed by atoms with Gasteiger partial charge in [0.15, 0.2) is 5.82 Å². The van der Waals surface area contributed by atoms with Crippen molar-refractivity contribution in [3.63, 3.8) is 0 Å². The summed E-state index contributed by atoms with van der Waals surface area (Å²) in [5.41, 5.74) is 0.391. The molecule has 2 atom stereocenters. The van der Waals surface area contributed by atoms with Crippen LogP contribution in [0.4, 0.5) is 24.7 Å². The number of anilines is 2.